The van der Waals surface area contributed by atoms with Crippen molar-refractivity contribution in [2.24, 2.45) is 0 Å². The van der Waals surface area contributed by atoms with Gasteiger partial charge in [-0.1, -0.05) is 5.92 Å². The molecule has 0 spiro atoms. The molecule has 12 heavy (non-hydrogen) atoms. The van der Waals surface area contributed by atoms with Crippen LogP contribution in [0.5, 0.6) is 0 Å². The summed E-state index contributed by atoms with van der Waals surface area (Å²) in [6.07, 6.45) is 10.5. The molecule has 2 heterocycles. The molecule has 2 saturated heterocycles. The van der Waals surface area contributed by atoms with E-state index >= 15 is 0 Å². The molecule has 1 N–H and O–H groups in total. The average molecular weight is 165 g/mol. The third-order valence-corrected chi connectivity index (χ3v) is 2.83. The van der Waals surface area contributed by atoms with E-state index in [4.69, 9.17) is 11.2 Å². The first-order valence-electron chi connectivity index (χ1n) is 4.69. The van der Waals surface area contributed by atoms with Crippen LogP contribution in [0, 0.1) is 12.3 Å². The van der Waals surface area contributed by atoms with Gasteiger partial charge in [0.05, 0.1) is 6.10 Å². The lowest BCUT2D eigenvalue weighted by Crippen LogP contribution is -2.41. The van der Waals surface area contributed by atoms with E-state index < -0.39 is 0 Å². The second-order valence-electron chi connectivity index (χ2n) is 3.75. The third-order valence-electron chi connectivity index (χ3n) is 2.83. The zero-order valence-electron chi connectivity index (χ0n) is 7.25. The van der Waals surface area contributed by atoms with Gasteiger partial charge in [-0.05, 0) is 25.7 Å². The summed E-state index contributed by atoms with van der Waals surface area (Å²) in [6.45, 7) is 0.476. The molecule has 2 nitrogen and oxygen atoms in total. The Kier molecular flexibility index (Phi) is 2.34. The quantitative estimate of drug-likeness (QED) is 0.614. The smallest absolute Gasteiger partial charge is 0.107 e. The number of nitrogens with one attached hydrogen (secondary N) is 1. The number of hydrogen-bond acceptors (Lipinski definition) is 2. The molecule has 2 aliphatic heterocycles. The fourth-order valence-corrected chi connectivity index (χ4v) is 2.31. The predicted octanol–water partition coefficient (Wildman–Crippen LogP) is 0.919. The SMILES string of the molecule is C#CCO[C@H]1C[C@H]2CC[C@@H](C1)N2. The molecule has 2 bridgehead atoms. The minimum absolute atomic E-state index is 0.416. The van der Waals surface area contributed by atoms with Crippen molar-refractivity contribution in [3.8, 4) is 12.3 Å². The molecule has 0 unspecified atom stereocenters. The molecule has 2 fully saturated rings. The topological polar surface area (TPSA) is 21.3 Å². The van der Waals surface area contributed by atoms with E-state index in [2.05, 4.69) is 11.2 Å². The highest BCUT2D eigenvalue weighted by atomic mass is 16.5. The van der Waals surface area contributed by atoms with E-state index in [9.17, 15) is 0 Å². The summed E-state index contributed by atoms with van der Waals surface area (Å²) >= 11 is 0. The number of hydrogen-bond donors (Lipinski definition) is 1. The molecule has 0 radical (unpaired) electrons. The lowest BCUT2D eigenvalue weighted by Gasteiger charge is -2.28. The van der Waals surface area contributed by atoms with Crippen LogP contribution in [0.4, 0.5) is 0 Å². The molecule has 66 valence electrons. The van der Waals surface area contributed by atoms with Crippen molar-refractivity contribution in [2.75, 3.05) is 6.61 Å². The summed E-state index contributed by atoms with van der Waals surface area (Å²) in [7, 11) is 0. The van der Waals surface area contributed by atoms with Crippen molar-refractivity contribution in [1.82, 2.24) is 5.32 Å². The molecule has 2 heteroatoms. The fourth-order valence-electron chi connectivity index (χ4n) is 2.31. The summed E-state index contributed by atoms with van der Waals surface area (Å²) in [5.74, 6) is 2.52. The maximum absolute atomic E-state index is 5.54. The Morgan fingerprint density at radius 2 is 2.00 bits per heavy atom. The summed E-state index contributed by atoms with van der Waals surface area (Å²) in [4.78, 5) is 0. The average Bonchev–Trinajstić information content (AvgIpc) is 2.42. The zero-order valence-corrected chi connectivity index (χ0v) is 7.25. The summed E-state index contributed by atoms with van der Waals surface area (Å²) < 4.78 is 5.54. The molecule has 0 aromatic heterocycles. The van der Waals surface area contributed by atoms with Gasteiger partial charge in [0, 0.05) is 12.1 Å². The van der Waals surface area contributed by atoms with Crippen LogP contribution < -0.4 is 5.32 Å². The van der Waals surface area contributed by atoms with Crippen LogP contribution in [0.25, 0.3) is 0 Å². The standard InChI is InChI=1S/C10H15NO/c1-2-5-12-10-6-8-3-4-9(7-10)11-8/h1,8-11H,3-7H2/t8-,9+,10+. The van der Waals surface area contributed by atoms with Crippen molar-refractivity contribution in [3.63, 3.8) is 0 Å². The highest BCUT2D eigenvalue weighted by Gasteiger charge is 2.33. The molecule has 0 amide bonds. The minimum Gasteiger partial charge on any atom is -0.365 e. The lowest BCUT2D eigenvalue weighted by molar-refractivity contribution is 0.0403. The van der Waals surface area contributed by atoms with Gasteiger partial charge in [0.25, 0.3) is 0 Å². The van der Waals surface area contributed by atoms with Gasteiger partial charge in [-0.15, -0.1) is 6.42 Å². The Hall–Kier alpha value is -0.520. The Bertz CT molecular complexity index is 185. The molecule has 0 saturated carbocycles. The van der Waals surface area contributed by atoms with Crippen molar-refractivity contribution in [2.45, 2.75) is 43.9 Å². The van der Waals surface area contributed by atoms with Gasteiger partial charge in [0.2, 0.25) is 0 Å². The first-order valence-corrected chi connectivity index (χ1v) is 4.69. The van der Waals surface area contributed by atoms with E-state index in [1.165, 1.54) is 12.8 Å². The van der Waals surface area contributed by atoms with Crippen LogP contribution in [-0.4, -0.2) is 24.8 Å². The van der Waals surface area contributed by atoms with E-state index in [0.29, 0.717) is 24.8 Å². The van der Waals surface area contributed by atoms with E-state index in [0.717, 1.165) is 12.8 Å². The number of rotatable bonds is 2. The minimum atomic E-state index is 0.416. The monoisotopic (exact) mass is 165 g/mol. The fraction of sp³-hybridized carbons (Fsp3) is 0.800. The van der Waals surface area contributed by atoms with Crippen LogP contribution in [-0.2, 0) is 4.74 Å². The molecule has 0 aliphatic carbocycles. The first kappa shape index (κ1) is 8.10. The number of piperidine rings is 1. The van der Waals surface area contributed by atoms with Crippen molar-refractivity contribution in [3.05, 3.63) is 0 Å². The van der Waals surface area contributed by atoms with Crippen LogP contribution in [0.3, 0.4) is 0 Å². The van der Waals surface area contributed by atoms with Crippen molar-refractivity contribution >= 4 is 0 Å². The summed E-state index contributed by atoms with van der Waals surface area (Å²) in [5.41, 5.74) is 0. The third kappa shape index (κ3) is 1.63. The van der Waals surface area contributed by atoms with Crippen LogP contribution in [0.15, 0.2) is 0 Å². The van der Waals surface area contributed by atoms with Gasteiger partial charge in [-0.25, -0.2) is 0 Å². The van der Waals surface area contributed by atoms with Gasteiger partial charge in [-0.2, -0.15) is 0 Å². The van der Waals surface area contributed by atoms with Gasteiger partial charge in [-0.3, -0.25) is 0 Å². The number of terminal acetylenes is 1. The molecule has 3 atom stereocenters. The Morgan fingerprint density at radius 3 is 2.58 bits per heavy atom. The van der Waals surface area contributed by atoms with Crippen LogP contribution in [0.2, 0.25) is 0 Å². The van der Waals surface area contributed by atoms with E-state index in [-0.39, 0.29) is 0 Å². The van der Waals surface area contributed by atoms with E-state index in [1.807, 2.05) is 0 Å². The van der Waals surface area contributed by atoms with Gasteiger partial charge >= 0.3 is 0 Å². The van der Waals surface area contributed by atoms with Gasteiger partial charge in [0.1, 0.15) is 6.61 Å². The lowest BCUT2D eigenvalue weighted by atomic mass is 10.0. The molecule has 0 aromatic rings. The number of fused-ring (bicyclic) bond motifs is 2. The molecule has 0 aromatic carbocycles. The number of ether oxygens (including phenoxy) is 1. The van der Waals surface area contributed by atoms with Gasteiger partial charge in [0.15, 0.2) is 0 Å². The Labute approximate surface area is 73.7 Å². The van der Waals surface area contributed by atoms with Gasteiger partial charge < -0.3 is 10.1 Å². The zero-order chi connectivity index (χ0) is 8.39. The second-order valence-corrected chi connectivity index (χ2v) is 3.75. The maximum atomic E-state index is 5.54. The van der Waals surface area contributed by atoms with Crippen LogP contribution in [0.1, 0.15) is 25.7 Å². The summed E-state index contributed by atoms with van der Waals surface area (Å²) in [5, 5.41) is 3.57. The summed E-state index contributed by atoms with van der Waals surface area (Å²) in [6, 6.07) is 1.40. The maximum Gasteiger partial charge on any atom is 0.107 e. The first-order chi connectivity index (χ1) is 5.88. The van der Waals surface area contributed by atoms with Crippen molar-refractivity contribution < 1.29 is 4.74 Å². The predicted molar refractivity (Wildman–Crippen MR) is 47.8 cm³/mol. The molecular formula is C10H15NO. The second kappa shape index (κ2) is 3.47. The Balaban J connectivity index is 1.82. The van der Waals surface area contributed by atoms with E-state index in [1.54, 1.807) is 0 Å². The Morgan fingerprint density at radius 1 is 1.33 bits per heavy atom. The molecule has 2 aliphatic rings. The normalized spacial score (nSPS) is 39.4. The van der Waals surface area contributed by atoms with Crippen molar-refractivity contribution in [1.29, 1.82) is 0 Å². The largest absolute Gasteiger partial charge is 0.365 e. The molecular weight excluding hydrogens is 150 g/mol. The highest BCUT2D eigenvalue weighted by Crippen LogP contribution is 2.28. The van der Waals surface area contributed by atoms with Crippen LogP contribution >= 0.6 is 0 Å². The highest BCUT2D eigenvalue weighted by molar-refractivity contribution is 4.93. The molecule has 2 rings (SSSR count).